The third kappa shape index (κ3) is 8.71. The molecule has 1 aliphatic rings. The Labute approximate surface area is 250 Å². The number of hydrogen-bond acceptors (Lipinski definition) is 6. The molecule has 1 aliphatic heterocycles. The Balaban J connectivity index is 1.31. The quantitative estimate of drug-likeness (QED) is 0.210. The van der Waals surface area contributed by atoms with Gasteiger partial charge in [-0.3, -0.25) is 14.4 Å². The zero-order valence-electron chi connectivity index (χ0n) is 24.3. The lowest BCUT2D eigenvalue weighted by molar-refractivity contribution is -0.139. The molecule has 0 aliphatic carbocycles. The van der Waals surface area contributed by atoms with Gasteiger partial charge in [-0.2, -0.15) is 0 Å². The number of carboxylic acid groups (broad SMARTS) is 1. The number of urea groups is 1. The minimum atomic E-state index is -1.10. The maximum absolute atomic E-state index is 13.1. The number of amides is 4. The highest BCUT2D eigenvalue weighted by Crippen LogP contribution is 2.34. The molecule has 0 aromatic heterocycles. The fourth-order valence-corrected chi connectivity index (χ4v) is 4.64. The maximum Gasteiger partial charge on any atom is 0.323 e. The fraction of sp³-hybridized carbons (Fsp3) is 0.312. The molecule has 2 atom stereocenters. The van der Waals surface area contributed by atoms with Crippen LogP contribution < -0.4 is 30.7 Å². The number of fused-ring (bicyclic) bond motifs is 1. The molecular weight excluding hydrogens is 552 g/mol. The number of para-hydroxylation sites is 1. The van der Waals surface area contributed by atoms with Gasteiger partial charge < -0.3 is 35.8 Å². The molecule has 0 saturated heterocycles. The highest BCUT2D eigenvalue weighted by molar-refractivity contribution is 6.00. The number of anilines is 2. The van der Waals surface area contributed by atoms with Crippen LogP contribution in [0.15, 0.2) is 66.7 Å². The first-order valence-electron chi connectivity index (χ1n) is 14.0. The smallest absolute Gasteiger partial charge is 0.323 e. The molecule has 3 aromatic carbocycles. The van der Waals surface area contributed by atoms with Crippen LogP contribution in [0.4, 0.5) is 16.2 Å². The zero-order chi connectivity index (χ0) is 30.9. The van der Waals surface area contributed by atoms with Crippen LogP contribution in [0.2, 0.25) is 0 Å². The van der Waals surface area contributed by atoms with Crippen molar-refractivity contribution in [1.82, 2.24) is 10.6 Å². The molecule has 0 bridgehead atoms. The minimum absolute atomic E-state index is 0.0203. The van der Waals surface area contributed by atoms with Crippen molar-refractivity contribution in [3.8, 4) is 11.5 Å². The molecule has 11 nitrogen and oxygen atoms in total. The number of ether oxygens (including phenoxy) is 2. The Morgan fingerprint density at radius 2 is 1.63 bits per heavy atom. The summed E-state index contributed by atoms with van der Waals surface area (Å²) in [6.07, 6.45) is 0.394. The molecule has 0 unspecified atom stereocenters. The minimum Gasteiger partial charge on any atom is -0.481 e. The molecule has 226 valence electrons. The van der Waals surface area contributed by atoms with Gasteiger partial charge in [-0.25, -0.2) is 4.79 Å². The molecule has 1 heterocycles. The van der Waals surface area contributed by atoms with Crippen LogP contribution in [0, 0.1) is 12.8 Å². The Bertz CT molecular complexity index is 1470. The van der Waals surface area contributed by atoms with Crippen LogP contribution in [0.5, 0.6) is 11.5 Å². The van der Waals surface area contributed by atoms with Crippen LogP contribution in [-0.4, -0.2) is 48.3 Å². The maximum atomic E-state index is 13.1. The summed E-state index contributed by atoms with van der Waals surface area (Å²) < 4.78 is 10.6. The van der Waals surface area contributed by atoms with E-state index in [-0.39, 0.29) is 37.6 Å². The lowest BCUT2D eigenvalue weighted by Crippen LogP contribution is -2.49. The van der Waals surface area contributed by atoms with Crippen molar-refractivity contribution in [1.29, 1.82) is 0 Å². The number of carbonyl (C=O) groups is 4. The summed E-state index contributed by atoms with van der Waals surface area (Å²) >= 11 is 0. The van der Waals surface area contributed by atoms with Crippen molar-refractivity contribution in [3.05, 3.63) is 83.4 Å². The number of aliphatic carboxylic acids is 1. The Morgan fingerprint density at radius 3 is 2.33 bits per heavy atom. The summed E-state index contributed by atoms with van der Waals surface area (Å²) in [4.78, 5) is 50.4. The predicted octanol–water partition coefficient (Wildman–Crippen LogP) is 4.43. The van der Waals surface area contributed by atoms with Gasteiger partial charge in [0.25, 0.3) is 0 Å². The lowest BCUT2D eigenvalue weighted by Gasteiger charge is -2.22. The summed E-state index contributed by atoms with van der Waals surface area (Å²) in [5.74, 6) is -1.86. The van der Waals surface area contributed by atoms with E-state index >= 15 is 0 Å². The first-order chi connectivity index (χ1) is 20.6. The van der Waals surface area contributed by atoms with Gasteiger partial charge in [0, 0.05) is 17.9 Å². The molecule has 3 aromatic rings. The number of benzene rings is 3. The Hall–Kier alpha value is -5.06. The van der Waals surface area contributed by atoms with Crippen LogP contribution in [0.1, 0.15) is 42.9 Å². The summed E-state index contributed by atoms with van der Waals surface area (Å²) in [6, 6.07) is 17.9. The lowest BCUT2D eigenvalue weighted by atomic mass is 9.98. The van der Waals surface area contributed by atoms with E-state index in [0.29, 0.717) is 40.4 Å². The van der Waals surface area contributed by atoms with Gasteiger partial charge in [0.05, 0.1) is 12.3 Å². The van der Waals surface area contributed by atoms with E-state index in [1.165, 1.54) is 0 Å². The van der Waals surface area contributed by atoms with Crippen molar-refractivity contribution in [2.75, 3.05) is 24.0 Å². The average molecular weight is 589 g/mol. The van der Waals surface area contributed by atoms with Gasteiger partial charge in [-0.1, -0.05) is 50.2 Å². The van der Waals surface area contributed by atoms with Crippen molar-refractivity contribution in [2.24, 2.45) is 5.92 Å². The van der Waals surface area contributed by atoms with Gasteiger partial charge in [-0.15, -0.1) is 0 Å². The molecule has 0 fully saturated rings. The topological polar surface area (TPSA) is 155 Å². The Morgan fingerprint density at radius 1 is 0.907 bits per heavy atom. The van der Waals surface area contributed by atoms with E-state index in [1.807, 2.05) is 45.0 Å². The summed E-state index contributed by atoms with van der Waals surface area (Å²) in [5, 5.41) is 20.9. The Kier molecular flexibility index (Phi) is 10.2. The van der Waals surface area contributed by atoms with Crippen LogP contribution in [0.25, 0.3) is 0 Å². The predicted molar refractivity (Wildman–Crippen MR) is 161 cm³/mol. The molecule has 4 rings (SSSR count). The van der Waals surface area contributed by atoms with E-state index < -0.39 is 23.8 Å². The number of aryl methyl sites for hydroxylation is 1. The first kappa shape index (κ1) is 30.9. The second kappa shape index (κ2) is 14.2. The highest BCUT2D eigenvalue weighted by Gasteiger charge is 2.27. The second-order valence-corrected chi connectivity index (χ2v) is 10.8. The first-order valence-corrected chi connectivity index (χ1v) is 14.0. The average Bonchev–Trinajstić information content (AvgIpc) is 3.43. The van der Waals surface area contributed by atoms with Crippen molar-refractivity contribution < 1.29 is 33.8 Å². The highest BCUT2D eigenvalue weighted by atomic mass is 16.7. The van der Waals surface area contributed by atoms with E-state index in [1.54, 1.807) is 42.5 Å². The number of carbonyl (C=O) groups excluding carboxylic acids is 3. The van der Waals surface area contributed by atoms with Crippen molar-refractivity contribution in [3.63, 3.8) is 0 Å². The standard InChI is InChI=1S/C32H36N4O7/c1-19(2)14-26(30(38)33-17-24(31(39)40)22-10-13-27-28(16-22)43-18-42-27)35-29(37)15-21-8-11-23(12-9-21)34-32(41)36-25-7-5-4-6-20(25)3/h4-13,16,19,24,26H,14-15,17-18H2,1-3H3,(H,33,38)(H,35,37)(H,39,40)(H2,34,36,41)/t24-,26+/m1/s1. The monoisotopic (exact) mass is 588 g/mol. The van der Waals surface area contributed by atoms with E-state index in [2.05, 4.69) is 21.3 Å². The second-order valence-electron chi connectivity index (χ2n) is 10.8. The third-order valence-corrected chi connectivity index (χ3v) is 6.91. The molecule has 0 radical (unpaired) electrons. The van der Waals surface area contributed by atoms with Gasteiger partial charge in [0.15, 0.2) is 11.5 Å². The van der Waals surface area contributed by atoms with E-state index in [4.69, 9.17) is 9.47 Å². The number of hydrogen-bond donors (Lipinski definition) is 5. The molecule has 4 amide bonds. The molecule has 5 N–H and O–H groups in total. The molecular formula is C32H36N4O7. The number of nitrogens with one attached hydrogen (secondary N) is 4. The molecule has 0 saturated carbocycles. The molecule has 11 heteroatoms. The summed E-state index contributed by atoms with van der Waals surface area (Å²) in [7, 11) is 0. The SMILES string of the molecule is Cc1ccccc1NC(=O)Nc1ccc(CC(=O)N[C@@H](CC(C)C)C(=O)NC[C@@H](C(=O)O)c2ccc3c(c2)OCO3)cc1. The summed E-state index contributed by atoms with van der Waals surface area (Å²) in [5.41, 5.74) is 3.37. The number of carboxylic acids is 1. The fourth-order valence-electron chi connectivity index (χ4n) is 4.64. The number of rotatable bonds is 12. The van der Waals surface area contributed by atoms with Gasteiger partial charge >= 0.3 is 12.0 Å². The van der Waals surface area contributed by atoms with Crippen molar-refractivity contribution in [2.45, 2.75) is 45.6 Å². The van der Waals surface area contributed by atoms with E-state index in [9.17, 15) is 24.3 Å². The van der Waals surface area contributed by atoms with Crippen LogP contribution in [-0.2, 0) is 20.8 Å². The zero-order valence-corrected chi connectivity index (χ0v) is 24.3. The molecule has 43 heavy (non-hydrogen) atoms. The van der Waals surface area contributed by atoms with Gasteiger partial charge in [0.1, 0.15) is 6.04 Å². The van der Waals surface area contributed by atoms with Crippen LogP contribution in [0.3, 0.4) is 0 Å². The summed E-state index contributed by atoms with van der Waals surface area (Å²) in [6.45, 7) is 5.67. The van der Waals surface area contributed by atoms with Gasteiger partial charge in [-0.05, 0) is 66.3 Å². The van der Waals surface area contributed by atoms with Crippen LogP contribution >= 0.6 is 0 Å². The van der Waals surface area contributed by atoms with Gasteiger partial charge in [0.2, 0.25) is 18.6 Å². The van der Waals surface area contributed by atoms with E-state index in [0.717, 1.165) is 5.56 Å². The normalized spacial score (nSPS) is 13.1. The third-order valence-electron chi connectivity index (χ3n) is 6.91. The molecule has 0 spiro atoms. The van der Waals surface area contributed by atoms with Crippen molar-refractivity contribution >= 4 is 35.2 Å². The largest absolute Gasteiger partial charge is 0.481 e.